The molecule has 1 rings (SSSR count). The Kier molecular flexibility index (Phi) is 15.7. The summed E-state index contributed by atoms with van der Waals surface area (Å²) in [5.41, 5.74) is 0. The first-order valence-corrected chi connectivity index (χ1v) is 13.9. The molecular formula is C23H43O9P. The number of aliphatic hydroxyl groups is 2. The molecule has 10 heteroatoms. The van der Waals surface area contributed by atoms with Crippen LogP contribution < -0.4 is 0 Å². The Balaban J connectivity index is 2.16. The number of unbranched alkanes of at least 4 members (excludes halogenated alkanes) is 14. The van der Waals surface area contributed by atoms with Crippen LogP contribution in [0, 0.1) is 0 Å². The Morgan fingerprint density at radius 2 is 1.33 bits per heavy atom. The van der Waals surface area contributed by atoms with E-state index in [0.29, 0.717) is 6.42 Å². The van der Waals surface area contributed by atoms with E-state index in [9.17, 15) is 14.5 Å². The van der Waals surface area contributed by atoms with Crippen LogP contribution in [0.1, 0.15) is 103 Å². The van der Waals surface area contributed by atoms with Crippen LogP contribution >= 0.6 is 7.82 Å². The van der Waals surface area contributed by atoms with Crippen molar-refractivity contribution in [3.8, 4) is 0 Å². The first kappa shape index (κ1) is 29.9. The molecule has 0 saturated heterocycles. The highest BCUT2D eigenvalue weighted by Gasteiger charge is 2.44. The van der Waals surface area contributed by atoms with Crippen molar-refractivity contribution in [3.63, 3.8) is 0 Å². The number of esters is 1. The predicted octanol–water partition coefficient (Wildman–Crippen LogP) is 4.47. The Bertz CT molecular complexity index is 617. The Hall–Kier alpha value is -1.12. The zero-order valence-electron chi connectivity index (χ0n) is 20.0. The van der Waals surface area contributed by atoms with Crippen molar-refractivity contribution in [1.82, 2.24) is 0 Å². The largest absolute Gasteiger partial charge is 0.525 e. The summed E-state index contributed by atoms with van der Waals surface area (Å²) in [6.07, 6.45) is 15.4. The predicted molar refractivity (Wildman–Crippen MR) is 124 cm³/mol. The van der Waals surface area contributed by atoms with Crippen molar-refractivity contribution < 1.29 is 43.4 Å². The van der Waals surface area contributed by atoms with Gasteiger partial charge < -0.3 is 24.2 Å². The molecule has 1 heterocycles. The summed E-state index contributed by atoms with van der Waals surface area (Å²) in [7, 11) is -5.01. The fraction of sp³-hybridized carbons (Fsp3) is 0.870. The highest BCUT2D eigenvalue weighted by atomic mass is 31.2. The summed E-state index contributed by atoms with van der Waals surface area (Å²) in [5.74, 6) is -2.21. The van der Waals surface area contributed by atoms with E-state index in [2.05, 4.69) is 11.4 Å². The molecule has 0 fully saturated rings. The second-order valence-corrected chi connectivity index (χ2v) is 9.81. The summed E-state index contributed by atoms with van der Waals surface area (Å²) >= 11 is 0. The smallest absolute Gasteiger partial charge is 0.490 e. The average molecular weight is 495 g/mol. The molecule has 1 aliphatic heterocycles. The molecule has 0 radical (unpaired) electrons. The van der Waals surface area contributed by atoms with Crippen molar-refractivity contribution in [2.45, 2.75) is 115 Å². The lowest BCUT2D eigenvalue weighted by molar-refractivity contribution is -0.148. The minimum absolute atomic E-state index is 0.174. The van der Waals surface area contributed by atoms with E-state index in [0.717, 1.165) is 19.3 Å². The molecule has 33 heavy (non-hydrogen) atoms. The SMILES string of the molecule is CCCCCCCCCCCCCCCCCOC1=C(OP(=O)(O)O)C(=O)O[C@@H]1[C@@H](O)CO. The molecule has 0 amide bonds. The molecule has 0 bridgehead atoms. The molecule has 0 spiro atoms. The van der Waals surface area contributed by atoms with Gasteiger partial charge in [0.1, 0.15) is 6.10 Å². The summed E-state index contributed by atoms with van der Waals surface area (Å²) in [6.45, 7) is 1.70. The third-order valence-corrected chi connectivity index (χ3v) is 6.07. The van der Waals surface area contributed by atoms with Crippen molar-refractivity contribution in [2.24, 2.45) is 0 Å². The van der Waals surface area contributed by atoms with Gasteiger partial charge in [-0.2, -0.15) is 0 Å². The van der Waals surface area contributed by atoms with E-state index in [4.69, 9.17) is 24.4 Å². The van der Waals surface area contributed by atoms with E-state index < -0.39 is 38.4 Å². The van der Waals surface area contributed by atoms with Gasteiger partial charge in [0.05, 0.1) is 13.2 Å². The van der Waals surface area contributed by atoms with Gasteiger partial charge in [-0.3, -0.25) is 9.79 Å². The number of phosphoric acid groups is 1. The van der Waals surface area contributed by atoms with Crippen LogP contribution in [-0.4, -0.2) is 51.4 Å². The van der Waals surface area contributed by atoms with Gasteiger partial charge in [0, 0.05) is 0 Å². The quantitative estimate of drug-likeness (QED) is 0.103. The molecule has 0 aliphatic carbocycles. The standard InChI is InChI=1S/C23H43O9P/c1-2-3-4-5-6-7-8-9-10-11-12-13-14-15-16-17-30-21-20(19(25)18-24)31-23(26)22(21)32-33(27,28)29/h19-20,24-25H,2-18H2,1H3,(H2,27,28,29)/t19-,20+/m0/s1. The van der Waals surface area contributed by atoms with Gasteiger partial charge in [0.25, 0.3) is 5.76 Å². The summed E-state index contributed by atoms with van der Waals surface area (Å²) in [5, 5.41) is 18.9. The molecule has 1 aliphatic rings. The minimum Gasteiger partial charge on any atom is -0.490 e. The molecular weight excluding hydrogens is 451 g/mol. The van der Waals surface area contributed by atoms with Gasteiger partial charge in [0.15, 0.2) is 11.9 Å². The number of hydrogen-bond donors (Lipinski definition) is 4. The van der Waals surface area contributed by atoms with E-state index in [1.807, 2.05) is 0 Å². The number of cyclic esters (lactones) is 1. The molecule has 0 aromatic heterocycles. The molecule has 9 nitrogen and oxygen atoms in total. The van der Waals surface area contributed by atoms with Crippen LogP contribution in [0.4, 0.5) is 0 Å². The summed E-state index contributed by atoms with van der Waals surface area (Å²) in [6, 6.07) is 0. The number of carbonyl (C=O) groups excluding carboxylic acids is 1. The van der Waals surface area contributed by atoms with Crippen molar-refractivity contribution in [3.05, 3.63) is 11.5 Å². The second kappa shape index (κ2) is 17.3. The Morgan fingerprint density at radius 1 is 0.879 bits per heavy atom. The number of phosphoric ester groups is 1. The van der Waals surface area contributed by atoms with Crippen molar-refractivity contribution in [2.75, 3.05) is 13.2 Å². The monoisotopic (exact) mass is 494 g/mol. The summed E-state index contributed by atoms with van der Waals surface area (Å²) in [4.78, 5) is 29.8. The van der Waals surface area contributed by atoms with Gasteiger partial charge in [-0.25, -0.2) is 9.36 Å². The molecule has 0 aromatic carbocycles. The number of ether oxygens (including phenoxy) is 2. The molecule has 2 atom stereocenters. The van der Waals surface area contributed by atoms with E-state index >= 15 is 0 Å². The molecule has 0 aromatic rings. The number of aliphatic hydroxyl groups excluding tert-OH is 2. The maximum atomic E-state index is 11.8. The zero-order chi connectivity index (χ0) is 24.5. The molecule has 0 unspecified atom stereocenters. The topological polar surface area (TPSA) is 143 Å². The Labute approximate surface area is 197 Å². The van der Waals surface area contributed by atoms with Crippen LogP contribution in [0.5, 0.6) is 0 Å². The highest BCUT2D eigenvalue weighted by Crippen LogP contribution is 2.42. The number of hydrogen-bond acceptors (Lipinski definition) is 7. The van der Waals surface area contributed by atoms with Gasteiger partial charge in [-0.05, 0) is 6.42 Å². The zero-order valence-corrected chi connectivity index (χ0v) is 20.8. The van der Waals surface area contributed by atoms with Crippen molar-refractivity contribution >= 4 is 13.8 Å². The van der Waals surface area contributed by atoms with Gasteiger partial charge >= 0.3 is 13.8 Å². The third kappa shape index (κ3) is 13.4. The van der Waals surface area contributed by atoms with E-state index in [1.165, 1.54) is 70.6 Å². The fourth-order valence-corrected chi connectivity index (χ4v) is 4.21. The summed E-state index contributed by atoms with van der Waals surface area (Å²) < 4.78 is 25.8. The lowest BCUT2D eigenvalue weighted by Gasteiger charge is -2.18. The average Bonchev–Trinajstić information content (AvgIpc) is 3.06. The fourth-order valence-electron chi connectivity index (χ4n) is 3.81. The van der Waals surface area contributed by atoms with E-state index in [1.54, 1.807) is 0 Å². The molecule has 0 saturated carbocycles. The van der Waals surface area contributed by atoms with Crippen LogP contribution in [0.25, 0.3) is 0 Å². The van der Waals surface area contributed by atoms with Gasteiger partial charge in [0.2, 0.25) is 0 Å². The normalized spacial score (nSPS) is 17.4. The lowest BCUT2D eigenvalue weighted by Crippen LogP contribution is -2.32. The maximum Gasteiger partial charge on any atom is 0.525 e. The number of rotatable bonds is 21. The van der Waals surface area contributed by atoms with Gasteiger partial charge in [-0.1, -0.05) is 96.8 Å². The second-order valence-electron chi connectivity index (χ2n) is 8.65. The highest BCUT2D eigenvalue weighted by molar-refractivity contribution is 7.46. The lowest BCUT2D eigenvalue weighted by atomic mass is 10.0. The molecule has 194 valence electrons. The van der Waals surface area contributed by atoms with Crippen LogP contribution in [0.15, 0.2) is 11.5 Å². The van der Waals surface area contributed by atoms with E-state index in [-0.39, 0.29) is 12.4 Å². The minimum atomic E-state index is -5.01. The maximum absolute atomic E-state index is 11.8. The Morgan fingerprint density at radius 3 is 1.76 bits per heavy atom. The third-order valence-electron chi connectivity index (χ3n) is 5.65. The van der Waals surface area contributed by atoms with Crippen LogP contribution in [0.2, 0.25) is 0 Å². The van der Waals surface area contributed by atoms with Gasteiger partial charge in [-0.15, -0.1) is 0 Å². The first-order chi connectivity index (χ1) is 15.8. The van der Waals surface area contributed by atoms with Crippen molar-refractivity contribution in [1.29, 1.82) is 0 Å². The molecule has 4 N–H and O–H groups in total. The number of carbonyl (C=O) groups is 1. The van der Waals surface area contributed by atoms with Crippen LogP contribution in [-0.2, 0) is 23.4 Å². The first-order valence-electron chi connectivity index (χ1n) is 12.4. The van der Waals surface area contributed by atoms with Crippen LogP contribution in [0.3, 0.4) is 0 Å².